The lowest BCUT2D eigenvalue weighted by Gasteiger charge is -2.26. The number of carbonyl (C=O) groups is 1. The first kappa shape index (κ1) is 20.8. The second kappa shape index (κ2) is 9.17. The zero-order valence-electron chi connectivity index (χ0n) is 18.4. The molecule has 1 saturated heterocycles. The van der Waals surface area contributed by atoms with Crippen LogP contribution >= 0.6 is 0 Å². The lowest BCUT2D eigenvalue weighted by molar-refractivity contribution is -0.134. The van der Waals surface area contributed by atoms with E-state index in [0.717, 1.165) is 54.9 Å². The maximum Gasteiger partial charge on any atom is 0.226 e. The first-order chi connectivity index (χ1) is 15.7. The molecule has 0 bridgehead atoms. The van der Waals surface area contributed by atoms with E-state index in [1.807, 2.05) is 72.6 Å². The van der Waals surface area contributed by atoms with Gasteiger partial charge in [0.1, 0.15) is 11.4 Å². The first-order valence-corrected chi connectivity index (χ1v) is 11.4. The molecular formula is C26H29N3O3. The summed E-state index contributed by atoms with van der Waals surface area (Å²) in [7, 11) is 1.89. The van der Waals surface area contributed by atoms with Crippen LogP contribution in [0.15, 0.2) is 60.7 Å². The maximum atomic E-state index is 13.2. The number of para-hydroxylation sites is 1. The fraction of sp³-hybridized carbons (Fsp3) is 0.385. The molecule has 2 heterocycles. The molecule has 0 N–H and O–H groups in total. The molecule has 0 spiro atoms. The van der Waals surface area contributed by atoms with Gasteiger partial charge in [-0.2, -0.15) is 5.10 Å². The summed E-state index contributed by atoms with van der Waals surface area (Å²) in [6.07, 6.45) is 4.12. The van der Waals surface area contributed by atoms with E-state index >= 15 is 0 Å². The van der Waals surface area contributed by atoms with Crippen LogP contribution in [0.2, 0.25) is 0 Å². The number of nitrogens with zero attached hydrogens (tertiary/aromatic N) is 3. The zero-order chi connectivity index (χ0) is 21.9. The highest BCUT2D eigenvalue weighted by atomic mass is 16.5. The Morgan fingerprint density at radius 3 is 2.47 bits per heavy atom. The van der Waals surface area contributed by atoms with Gasteiger partial charge in [0.05, 0.1) is 18.2 Å². The number of carbonyl (C=O) groups excluding carboxylic acids is 1. The van der Waals surface area contributed by atoms with Crippen molar-refractivity contribution < 1.29 is 14.3 Å². The van der Waals surface area contributed by atoms with Crippen LogP contribution in [0.25, 0.3) is 11.3 Å². The molecule has 5 rings (SSSR count). The summed E-state index contributed by atoms with van der Waals surface area (Å²) in [5.41, 5.74) is 2.78. The van der Waals surface area contributed by atoms with E-state index < -0.39 is 0 Å². The summed E-state index contributed by atoms with van der Waals surface area (Å²) in [6.45, 7) is 1.85. The highest BCUT2D eigenvalue weighted by Gasteiger charge is 2.36. The Bertz CT molecular complexity index is 1050. The Balaban J connectivity index is 1.52. The standard InChI is InChI=1S/C26H29N3O3/c1-28-26(32-21-11-6-3-7-12-21)23(24(27-28)19-9-4-2-5-10-19)18-29(25(30)20-14-15-20)17-22-13-8-16-31-22/h2-7,9-12,20,22H,8,13-18H2,1H3. The molecular weight excluding hydrogens is 402 g/mol. The van der Waals surface area contributed by atoms with Gasteiger partial charge >= 0.3 is 0 Å². The smallest absolute Gasteiger partial charge is 0.226 e. The predicted octanol–water partition coefficient (Wildman–Crippen LogP) is 4.80. The minimum absolute atomic E-state index is 0.105. The summed E-state index contributed by atoms with van der Waals surface area (Å²) >= 11 is 0. The molecule has 1 unspecified atom stereocenters. The predicted molar refractivity (Wildman–Crippen MR) is 122 cm³/mol. The Hall–Kier alpha value is -3.12. The second-order valence-electron chi connectivity index (χ2n) is 8.67. The zero-order valence-corrected chi connectivity index (χ0v) is 18.4. The van der Waals surface area contributed by atoms with Crippen LogP contribution in [-0.4, -0.2) is 39.8 Å². The van der Waals surface area contributed by atoms with Gasteiger partial charge in [-0.25, -0.2) is 4.68 Å². The maximum absolute atomic E-state index is 13.2. The molecule has 6 heteroatoms. The SMILES string of the molecule is Cn1nc(-c2ccccc2)c(CN(CC2CCCO2)C(=O)C2CC2)c1Oc1ccccc1. The molecule has 1 aromatic heterocycles. The van der Waals surface area contributed by atoms with Crippen molar-refractivity contribution in [3.05, 3.63) is 66.2 Å². The van der Waals surface area contributed by atoms with E-state index in [1.54, 1.807) is 4.68 Å². The Labute approximate surface area is 188 Å². The van der Waals surface area contributed by atoms with Crippen LogP contribution in [0.3, 0.4) is 0 Å². The number of hydrogen-bond donors (Lipinski definition) is 0. The number of benzene rings is 2. The van der Waals surface area contributed by atoms with E-state index in [9.17, 15) is 4.79 Å². The van der Waals surface area contributed by atoms with Crippen LogP contribution in [0.1, 0.15) is 31.2 Å². The molecule has 0 radical (unpaired) electrons. The van der Waals surface area contributed by atoms with Gasteiger partial charge < -0.3 is 14.4 Å². The fourth-order valence-electron chi connectivity index (χ4n) is 4.30. The van der Waals surface area contributed by atoms with Gasteiger partial charge in [-0.1, -0.05) is 48.5 Å². The number of amides is 1. The van der Waals surface area contributed by atoms with Gasteiger partial charge in [0.2, 0.25) is 11.8 Å². The molecule has 166 valence electrons. The van der Waals surface area contributed by atoms with Crippen molar-refractivity contribution in [2.45, 2.75) is 38.3 Å². The summed E-state index contributed by atoms with van der Waals surface area (Å²) in [5.74, 6) is 1.77. The van der Waals surface area contributed by atoms with E-state index in [1.165, 1.54) is 0 Å². The van der Waals surface area contributed by atoms with E-state index in [2.05, 4.69) is 0 Å². The fourth-order valence-corrected chi connectivity index (χ4v) is 4.30. The number of hydrogen-bond acceptors (Lipinski definition) is 4. The third-order valence-corrected chi connectivity index (χ3v) is 6.13. The largest absolute Gasteiger partial charge is 0.439 e. The molecule has 1 saturated carbocycles. The second-order valence-corrected chi connectivity index (χ2v) is 8.67. The summed E-state index contributed by atoms with van der Waals surface area (Å²) < 4.78 is 13.9. The van der Waals surface area contributed by atoms with Crippen molar-refractivity contribution in [2.24, 2.45) is 13.0 Å². The molecule has 2 aliphatic rings. The normalized spacial score (nSPS) is 18.0. The molecule has 3 aromatic rings. The molecule has 2 aromatic carbocycles. The van der Waals surface area contributed by atoms with Crippen molar-refractivity contribution in [3.8, 4) is 22.9 Å². The van der Waals surface area contributed by atoms with Crippen LogP contribution in [-0.2, 0) is 23.1 Å². The van der Waals surface area contributed by atoms with Crippen molar-refractivity contribution >= 4 is 5.91 Å². The van der Waals surface area contributed by atoms with E-state index in [4.69, 9.17) is 14.6 Å². The topological polar surface area (TPSA) is 56.6 Å². The monoisotopic (exact) mass is 431 g/mol. The molecule has 1 aliphatic heterocycles. The van der Waals surface area contributed by atoms with E-state index in [-0.39, 0.29) is 17.9 Å². The average Bonchev–Trinajstić information content (AvgIpc) is 3.47. The molecule has 1 aliphatic carbocycles. The molecule has 1 atom stereocenters. The first-order valence-electron chi connectivity index (χ1n) is 11.4. The minimum Gasteiger partial charge on any atom is -0.439 e. The van der Waals surface area contributed by atoms with E-state index in [0.29, 0.717) is 19.0 Å². The van der Waals surface area contributed by atoms with Crippen LogP contribution in [0, 0.1) is 5.92 Å². The molecule has 32 heavy (non-hydrogen) atoms. The van der Waals surface area contributed by atoms with Gasteiger partial charge in [0.25, 0.3) is 0 Å². The quantitative estimate of drug-likeness (QED) is 0.514. The summed E-state index contributed by atoms with van der Waals surface area (Å²) in [4.78, 5) is 15.2. The minimum atomic E-state index is 0.105. The van der Waals surface area contributed by atoms with Crippen molar-refractivity contribution in [1.29, 1.82) is 0 Å². The third-order valence-electron chi connectivity index (χ3n) is 6.13. The summed E-state index contributed by atoms with van der Waals surface area (Å²) in [6, 6.07) is 19.8. The molecule has 6 nitrogen and oxygen atoms in total. The summed E-state index contributed by atoms with van der Waals surface area (Å²) in [5, 5.41) is 4.80. The van der Waals surface area contributed by atoms with Gasteiger partial charge in [-0.05, 0) is 37.8 Å². The van der Waals surface area contributed by atoms with Gasteiger partial charge in [0, 0.05) is 31.7 Å². The molecule has 2 fully saturated rings. The lowest BCUT2D eigenvalue weighted by Crippen LogP contribution is -2.38. The van der Waals surface area contributed by atoms with Gasteiger partial charge in [-0.15, -0.1) is 0 Å². The van der Waals surface area contributed by atoms with Crippen molar-refractivity contribution in [2.75, 3.05) is 13.2 Å². The highest BCUT2D eigenvalue weighted by Crippen LogP contribution is 2.37. The third kappa shape index (κ3) is 4.55. The van der Waals surface area contributed by atoms with Crippen LogP contribution in [0.5, 0.6) is 11.6 Å². The van der Waals surface area contributed by atoms with Crippen molar-refractivity contribution in [3.63, 3.8) is 0 Å². The Morgan fingerprint density at radius 1 is 1.09 bits per heavy atom. The Morgan fingerprint density at radius 2 is 1.81 bits per heavy atom. The number of aryl methyl sites for hydroxylation is 1. The average molecular weight is 432 g/mol. The lowest BCUT2D eigenvalue weighted by atomic mass is 10.1. The highest BCUT2D eigenvalue weighted by molar-refractivity contribution is 5.81. The van der Waals surface area contributed by atoms with Crippen LogP contribution in [0.4, 0.5) is 0 Å². The van der Waals surface area contributed by atoms with Crippen molar-refractivity contribution in [1.82, 2.24) is 14.7 Å². The molecule has 1 amide bonds. The van der Waals surface area contributed by atoms with Crippen LogP contribution < -0.4 is 4.74 Å². The number of ether oxygens (including phenoxy) is 2. The number of rotatable bonds is 8. The van der Waals surface area contributed by atoms with Gasteiger partial charge in [-0.3, -0.25) is 4.79 Å². The Kier molecular flexibility index (Phi) is 5.95. The number of aromatic nitrogens is 2. The van der Waals surface area contributed by atoms with Gasteiger partial charge in [0.15, 0.2) is 0 Å².